The van der Waals surface area contributed by atoms with Gasteiger partial charge in [-0.25, -0.2) is 0 Å². The molecule has 0 unspecified atom stereocenters. The summed E-state index contributed by atoms with van der Waals surface area (Å²) >= 11 is 0. The SMILES string of the molecule is CC(=O)O[C@H]1[C@H](OC(C)=O)[C@@H](OC(C)=O)CO[C@H]1O. The average Bonchev–Trinajstić information content (AvgIpc) is 2.25. The van der Waals surface area contributed by atoms with E-state index in [4.69, 9.17) is 18.9 Å². The number of carbonyl (C=O) groups excluding carboxylic acids is 3. The van der Waals surface area contributed by atoms with Gasteiger partial charge in [0.15, 0.2) is 24.6 Å². The molecule has 8 nitrogen and oxygen atoms in total. The Balaban J connectivity index is 2.89. The number of hydrogen-bond acceptors (Lipinski definition) is 8. The van der Waals surface area contributed by atoms with Crippen molar-refractivity contribution in [2.45, 2.75) is 45.4 Å². The zero-order valence-corrected chi connectivity index (χ0v) is 10.8. The van der Waals surface area contributed by atoms with Crippen molar-refractivity contribution in [2.75, 3.05) is 6.61 Å². The molecular formula is C11H16O8. The van der Waals surface area contributed by atoms with Crippen molar-refractivity contribution >= 4 is 17.9 Å². The molecule has 0 amide bonds. The summed E-state index contributed by atoms with van der Waals surface area (Å²) in [5.74, 6) is -1.95. The molecular weight excluding hydrogens is 260 g/mol. The minimum atomic E-state index is -1.46. The molecule has 4 atom stereocenters. The van der Waals surface area contributed by atoms with Crippen LogP contribution in [0.4, 0.5) is 0 Å². The highest BCUT2D eigenvalue weighted by atomic mass is 16.7. The first-order valence-corrected chi connectivity index (χ1v) is 5.62. The van der Waals surface area contributed by atoms with Gasteiger partial charge in [0.25, 0.3) is 0 Å². The Morgan fingerprint density at radius 2 is 1.42 bits per heavy atom. The Kier molecular flexibility index (Phi) is 5.25. The molecule has 0 bridgehead atoms. The average molecular weight is 276 g/mol. The fourth-order valence-electron chi connectivity index (χ4n) is 1.72. The van der Waals surface area contributed by atoms with Gasteiger partial charge >= 0.3 is 17.9 Å². The van der Waals surface area contributed by atoms with Crippen LogP contribution in [0, 0.1) is 0 Å². The quantitative estimate of drug-likeness (QED) is 0.523. The minimum absolute atomic E-state index is 0.170. The lowest BCUT2D eigenvalue weighted by Gasteiger charge is -2.38. The maximum Gasteiger partial charge on any atom is 0.303 e. The fourth-order valence-corrected chi connectivity index (χ4v) is 1.72. The van der Waals surface area contributed by atoms with E-state index in [2.05, 4.69) is 0 Å². The van der Waals surface area contributed by atoms with Gasteiger partial charge < -0.3 is 24.1 Å². The number of ether oxygens (including phenoxy) is 4. The van der Waals surface area contributed by atoms with Gasteiger partial charge in [-0.05, 0) is 0 Å². The molecule has 1 rings (SSSR count). The van der Waals surface area contributed by atoms with Crippen LogP contribution < -0.4 is 0 Å². The summed E-state index contributed by atoms with van der Waals surface area (Å²) in [6.07, 6.45) is -4.78. The van der Waals surface area contributed by atoms with Crippen molar-refractivity contribution in [3.63, 3.8) is 0 Å². The smallest absolute Gasteiger partial charge is 0.303 e. The molecule has 0 aliphatic carbocycles. The minimum Gasteiger partial charge on any atom is -0.456 e. The third-order valence-electron chi connectivity index (χ3n) is 2.32. The Morgan fingerprint density at radius 1 is 0.947 bits per heavy atom. The van der Waals surface area contributed by atoms with Gasteiger partial charge in [-0.1, -0.05) is 0 Å². The molecule has 1 aliphatic rings. The molecule has 0 aromatic heterocycles. The van der Waals surface area contributed by atoms with Crippen LogP contribution in [0.3, 0.4) is 0 Å². The zero-order valence-electron chi connectivity index (χ0n) is 10.8. The van der Waals surface area contributed by atoms with E-state index in [0.29, 0.717) is 0 Å². The highest BCUT2D eigenvalue weighted by molar-refractivity contribution is 5.68. The van der Waals surface area contributed by atoms with Crippen LogP contribution in [0.25, 0.3) is 0 Å². The zero-order chi connectivity index (χ0) is 14.6. The second kappa shape index (κ2) is 6.48. The normalized spacial score (nSPS) is 30.3. The van der Waals surface area contributed by atoms with E-state index in [1.54, 1.807) is 0 Å². The molecule has 1 fully saturated rings. The van der Waals surface area contributed by atoms with Crippen LogP contribution in [0.1, 0.15) is 20.8 Å². The van der Waals surface area contributed by atoms with Crippen LogP contribution in [0.2, 0.25) is 0 Å². The van der Waals surface area contributed by atoms with Crippen LogP contribution >= 0.6 is 0 Å². The van der Waals surface area contributed by atoms with Crippen molar-refractivity contribution in [2.24, 2.45) is 0 Å². The van der Waals surface area contributed by atoms with Gasteiger partial charge in [0.05, 0.1) is 6.61 Å². The van der Waals surface area contributed by atoms with E-state index in [1.807, 2.05) is 0 Å². The molecule has 1 heterocycles. The summed E-state index contributed by atoms with van der Waals surface area (Å²) in [4.78, 5) is 33.0. The molecule has 0 radical (unpaired) electrons. The number of rotatable bonds is 3. The van der Waals surface area contributed by atoms with Crippen LogP contribution in [0.5, 0.6) is 0 Å². The Bertz CT molecular complexity index is 366. The van der Waals surface area contributed by atoms with E-state index < -0.39 is 42.5 Å². The lowest BCUT2D eigenvalue weighted by molar-refractivity contribution is -0.267. The first kappa shape index (κ1) is 15.4. The Hall–Kier alpha value is -1.67. The summed E-state index contributed by atoms with van der Waals surface area (Å²) < 4.78 is 19.6. The van der Waals surface area contributed by atoms with Gasteiger partial charge in [0, 0.05) is 20.8 Å². The van der Waals surface area contributed by atoms with Gasteiger partial charge in [0.2, 0.25) is 0 Å². The molecule has 1 N–H and O–H groups in total. The lowest BCUT2D eigenvalue weighted by atomic mass is 10.0. The largest absolute Gasteiger partial charge is 0.456 e. The van der Waals surface area contributed by atoms with E-state index in [0.717, 1.165) is 13.8 Å². The van der Waals surface area contributed by atoms with Gasteiger partial charge in [-0.2, -0.15) is 0 Å². The van der Waals surface area contributed by atoms with E-state index in [-0.39, 0.29) is 6.61 Å². The number of hydrogen-bond donors (Lipinski definition) is 1. The maximum atomic E-state index is 11.1. The Morgan fingerprint density at radius 3 is 1.89 bits per heavy atom. The van der Waals surface area contributed by atoms with Crippen molar-refractivity contribution in [3.05, 3.63) is 0 Å². The maximum absolute atomic E-state index is 11.1. The molecule has 0 spiro atoms. The molecule has 1 saturated heterocycles. The molecule has 0 aromatic rings. The van der Waals surface area contributed by atoms with Crippen molar-refractivity contribution in [3.8, 4) is 0 Å². The predicted molar refractivity (Wildman–Crippen MR) is 58.6 cm³/mol. The molecule has 0 aromatic carbocycles. The van der Waals surface area contributed by atoms with E-state index in [1.165, 1.54) is 6.92 Å². The molecule has 8 heteroatoms. The van der Waals surface area contributed by atoms with E-state index >= 15 is 0 Å². The molecule has 19 heavy (non-hydrogen) atoms. The summed E-state index contributed by atoms with van der Waals surface area (Å²) in [5, 5.41) is 9.62. The van der Waals surface area contributed by atoms with Gasteiger partial charge in [0.1, 0.15) is 0 Å². The number of aliphatic hydroxyl groups is 1. The van der Waals surface area contributed by atoms with Crippen molar-refractivity contribution in [1.82, 2.24) is 0 Å². The Labute approximate surface area is 109 Å². The lowest BCUT2D eigenvalue weighted by Crippen LogP contribution is -2.57. The fraction of sp³-hybridized carbons (Fsp3) is 0.727. The van der Waals surface area contributed by atoms with Crippen LogP contribution in [0.15, 0.2) is 0 Å². The van der Waals surface area contributed by atoms with E-state index in [9.17, 15) is 19.5 Å². The second-order valence-electron chi connectivity index (χ2n) is 4.02. The number of carbonyl (C=O) groups is 3. The monoisotopic (exact) mass is 276 g/mol. The van der Waals surface area contributed by atoms with Gasteiger partial charge in [-0.15, -0.1) is 0 Å². The topological polar surface area (TPSA) is 108 Å². The van der Waals surface area contributed by atoms with Gasteiger partial charge in [-0.3, -0.25) is 14.4 Å². The summed E-state index contributed by atoms with van der Waals surface area (Å²) in [6.45, 7) is 3.29. The highest BCUT2D eigenvalue weighted by Crippen LogP contribution is 2.23. The summed E-state index contributed by atoms with van der Waals surface area (Å²) in [6, 6.07) is 0. The molecule has 108 valence electrons. The number of aliphatic hydroxyl groups excluding tert-OH is 1. The first-order valence-electron chi connectivity index (χ1n) is 5.62. The predicted octanol–water partition coefficient (Wildman–Crippen LogP) is -0.870. The molecule has 0 saturated carbocycles. The highest BCUT2D eigenvalue weighted by Gasteiger charge is 2.46. The first-order chi connectivity index (χ1) is 8.81. The third kappa shape index (κ3) is 4.49. The van der Waals surface area contributed by atoms with Crippen molar-refractivity contribution in [1.29, 1.82) is 0 Å². The third-order valence-corrected chi connectivity index (χ3v) is 2.32. The summed E-state index contributed by atoms with van der Waals surface area (Å²) in [5.41, 5.74) is 0. The number of esters is 3. The second-order valence-corrected chi connectivity index (χ2v) is 4.02. The van der Waals surface area contributed by atoms with Crippen LogP contribution in [-0.4, -0.2) is 54.2 Å². The standard InChI is InChI=1S/C11H16O8/c1-5(12)17-8-4-16-11(15)10(19-7(3)14)9(8)18-6(2)13/h8-11,15H,4H2,1-3H3/t8-,9+,10-,11+/m0/s1. The van der Waals surface area contributed by atoms with Crippen molar-refractivity contribution < 1.29 is 38.4 Å². The summed E-state index contributed by atoms with van der Waals surface area (Å²) in [7, 11) is 0. The van der Waals surface area contributed by atoms with Crippen LogP contribution in [-0.2, 0) is 33.3 Å². The molecule has 1 aliphatic heterocycles.